The van der Waals surface area contributed by atoms with E-state index in [1.54, 1.807) is 19.2 Å². The molecule has 1 atom stereocenters. The van der Waals surface area contributed by atoms with Crippen molar-refractivity contribution in [3.05, 3.63) is 23.3 Å². The molecule has 0 heterocycles. The number of rotatable bonds is 1. The smallest absolute Gasteiger partial charge is 0.122 e. The van der Waals surface area contributed by atoms with Gasteiger partial charge in [-0.1, -0.05) is 0 Å². The van der Waals surface area contributed by atoms with Gasteiger partial charge in [0.2, 0.25) is 0 Å². The molecule has 70 valence electrons. The summed E-state index contributed by atoms with van der Waals surface area (Å²) in [4.78, 5) is 0. The molecule has 0 amide bonds. The Morgan fingerprint density at radius 3 is 3.00 bits per heavy atom. The molecule has 0 unspecified atom stereocenters. The summed E-state index contributed by atoms with van der Waals surface area (Å²) in [6.07, 6.45) is 1.79. The largest absolute Gasteiger partial charge is 0.508 e. The van der Waals surface area contributed by atoms with E-state index in [0.717, 1.165) is 29.7 Å². The van der Waals surface area contributed by atoms with Crippen LogP contribution in [0.15, 0.2) is 12.1 Å². The molecule has 0 aromatic heterocycles. The summed E-state index contributed by atoms with van der Waals surface area (Å²) in [6.45, 7) is 0. The van der Waals surface area contributed by atoms with Crippen LogP contribution in [0.1, 0.15) is 23.6 Å². The average molecular weight is 179 g/mol. The number of ether oxygens (including phenoxy) is 1. The Morgan fingerprint density at radius 1 is 1.54 bits per heavy atom. The molecule has 0 fully saturated rings. The van der Waals surface area contributed by atoms with Crippen LogP contribution in [0.4, 0.5) is 0 Å². The van der Waals surface area contributed by atoms with Crippen molar-refractivity contribution in [2.75, 3.05) is 7.11 Å². The van der Waals surface area contributed by atoms with Gasteiger partial charge in [0, 0.05) is 17.2 Å². The Morgan fingerprint density at radius 2 is 2.31 bits per heavy atom. The minimum atomic E-state index is -0.0369. The molecule has 2 rings (SSSR count). The molecule has 1 aromatic rings. The lowest BCUT2D eigenvalue weighted by molar-refractivity contribution is 0.407. The quantitative estimate of drug-likeness (QED) is 0.684. The minimum absolute atomic E-state index is 0.0369. The zero-order valence-corrected chi connectivity index (χ0v) is 7.58. The third kappa shape index (κ3) is 1.16. The molecule has 0 spiro atoms. The highest BCUT2D eigenvalue weighted by Crippen LogP contribution is 2.40. The predicted octanol–water partition coefficient (Wildman–Crippen LogP) is 1.35. The molecule has 1 aliphatic rings. The van der Waals surface area contributed by atoms with Gasteiger partial charge in [-0.15, -0.1) is 0 Å². The van der Waals surface area contributed by atoms with Crippen molar-refractivity contribution in [1.82, 2.24) is 0 Å². The lowest BCUT2D eigenvalue weighted by atomic mass is 10.1. The molecule has 3 N–H and O–H groups in total. The van der Waals surface area contributed by atoms with E-state index in [-0.39, 0.29) is 6.04 Å². The van der Waals surface area contributed by atoms with E-state index in [0.29, 0.717) is 5.75 Å². The third-order valence-corrected chi connectivity index (χ3v) is 2.59. The second-order valence-electron chi connectivity index (χ2n) is 3.32. The number of hydrogen-bond donors (Lipinski definition) is 2. The van der Waals surface area contributed by atoms with Gasteiger partial charge in [0.1, 0.15) is 11.5 Å². The molecule has 1 aromatic carbocycles. The van der Waals surface area contributed by atoms with Crippen molar-refractivity contribution in [1.29, 1.82) is 0 Å². The van der Waals surface area contributed by atoms with Crippen LogP contribution in [-0.4, -0.2) is 12.2 Å². The summed E-state index contributed by atoms with van der Waals surface area (Å²) < 4.78 is 5.19. The Hall–Kier alpha value is -1.22. The summed E-state index contributed by atoms with van der Waals surface area (Å²) in [5, 5.41) is 9.59. The molecule has 1 aliphatic carbocycles. The Kier molecular flexibility index (Phi) is 1.88. The number of phenols is 1. The normalized spacial score (nSPS) is 20.0. The van der Waals surface area contributed by atoms with Crippen LogP contribution in [-0.2, 0) is 6.42 Å². The average Bonchev–Trinajstić information content (AvgIpc) is 2.50. The summed E-state index contributed by atoms with van der Waals surface area (Å²) in [6, 6.07) is 3.39. The van der Waals surface area contributed by atoms with E-state index >= 15 is 0 Å². The number of nitrogens with two attached hydrogens (primary N) is 1. The molecule has 0 saturated carbocycles. The third-order valence-electron chi connectivity index (χ3n) is 2.59. The number of aromatic hydroxyl groups is 1. The maximum Gasteiger partial charge on any atom is 0.122 e. The predicted molar refractivity (Wildman–Crippen MR) is 49.9 cm³/mol. The maximum atomic E-state index is 9.59. The van der Waals surface area contributed by atoms with Crippen LogP contribution >= 0.6 is 0 Å². The minimum Gasteiger partial charge on any atom is -0.508 e. The van der Waals surface area contributed by atoms with Crippen molar-refractivity contribution >= 4 is 0 Å². The van der Waals surface area contributed by atoms with Crippen LogP contribution in [0.2, 0.25) is 0 Å². The molecule has 0 radical (unpaired) electrons. The van der Waals surface area contributed by atoms with E-state index in [1.165, 1.54) is 0 Å². The van der Waals surface area contributed by atoms with Gasteiger partial charge in [0.25, 0.3) is 0 Å². The zero-order valence-electron chi connectivity index (χ0n) is 7.58. The Bertz CT molecular complexity index is 336. The van der Waals surface area contributed by atoms with Gasteiger partial charge in [-0.25, -0.2) is 0 Å². The highest BCUT2D eigenvalue weighted by atomic mass is 16.5. The first-order chi connectivity index (χ1) is 6.24. The van der Waals surface area contributed by atoms with E-state index in [9.17, 15) is 5.11 Å². The van der Waals surface area contributed by atoms with Gasteiger partial charge in [0.05, 0.1) is 7.11 Å². The van der Waals surface area contributed by atoms with Crippen LogP contribution in [0.25, 0.3) is 0 Å². The summed E-state index contributed by atoms with van der Waals surface area (Å²) in [5.74, 6) is 1.13. The Balaban J connectivity index is 2.59. The molecule has 3 heteroatoms. The first-order valence-electron chi connectivity index (χ1n) is 4.38. The van der Waals surface area contributed by atoms with Crippen LogP contribution in [0.5, 0.6) is 11.5 Å². The molecule has 0 bridgehead atoms. The highest BCUT2D eigenvalue weighted by molar-refractivity contribution is 5.52. The number of fused-ring (bicyclic) bond motifs is 1. The number of methoxy groups -OCH3 is 1. The van der Waals surface area contributed by atoms with E-state index < -0.39 is 0 Å². The Labute approximate surface area is 77.1 Å². The second kappa shape index (κ2) is 2.92. The first kappa shape index (κ1) is 8.38. The van der Waals surface area contributed by atoms with Crippen LogP contribution < -0.4 is 10.5 Å². The van der Waals surface area contributed by atoms with Crippen LogP contribution in [0, 0.1) is 0 Å². The second-order valence-corrected chi connectivity index (χ2v) is 3.32. The van der Waals surface area contributed by atoms with Crippen molar-refractivity contribution in [3.63, 3.8) is 0 Å². The molecule has 13 heavy (non-hydrogen) atoms. The number of phenolic OH excluding ortho intramolecular Hbond substituents is 1. The standard InChI is InChI=1S/C10H13NO2/c1-13-9-5-4-8(12)10-6(9)2-3-7(10)11/h4-5,7,12H,2-3,11H2,1H3/t7-/m1/s1. The van der Waals surface area contributed by atoms with Crippen molar-refractivity contribution in [3.8, 4) is 11.5 Å². The SMILES string of the molecule is COc1ccc(O)c2c1CC[C@H]2N. The topological polar surface area (TPSA) is 55.5 Å². The van der Waals surface area contributed by atoms with E-state index in [1.807, 2.05) is 0 Å². The lowest BCUT2D eigenvalue weighted by Gasteiger charge is -2.10. The fraction of sp³-hybridized carbons (Fsp3) is 0.400. The maximum absolute atomic E-state index is 9.59. The molecule has 0 aliphatic heterocycles. The van der Waals surface area contributed by atoms with Gasteiger partial charge in [-0.05, 0) is 25.0 Å². The molecule has 3 nitrogen and oxygen atoms in total. The monoisotopic (exact) mass is 179 g/mol. The van der Waals surface area contributed by atoms with E-state index in [2.05, 4.69) is 0 Å². The van der Waals surface area contributed by atoms with Crippen LogP contribution in [0.3, 0.4) is 0 Å². The van der Waals surface area contributed by atoms with Crippen molar-refractivity contribution in [2.24, 2.45) is 5.73 Å². The van der Waals surface area contributed by atoms with Gasteiger partial charge >= 0.3 is 0 Å². The number of benzene rings is 1. The zero-order chi connectivity index (χ0) is 9.42. The lowest BCUT2D eigenvalue weighted by Crippen LogP contribution is -2.05. The highest BCUT2D eigenvalue weighted by Gasteiger charge is 2.25. The molecular formula is C10H13NO2. The molecular weight excluding hydrogens is 166 g/mol. The summed E-state index contributed by atoms with van der Waals surface area (Å²) >= 11 is 0. The van der Waals surface area contributed by atoms with Gasteiger partial charge in [-0.2, -0.15) is 0 Å². The summed E-state index contributed by atoms with van der Waals surface area (Å²) in [5.41, 5.74) is 7.78. The van der Waals surface area contributed by atoms with Crippen molar-refractivity contribution < 1.29 is 9.84 Å². The van der Waals surface area contributed by atoms with E-state index in [4.69, 9.17) is 10.5 Å². The summed E-state index contributed by atoms with van der Waals surface area (Å²) in [7, 11) is 1.64. The van der Waals surface area contributed by atoms with Gasteiger partial charge < -0.3 is 15.6 Å². The molecule has 0 saturated heterocycles. The van der Waals surface area contributed by atoms with Gasteiger partial charge in [-0.3, -0.25) is 0 Å². The van der Waals surface area contributed by atoms with Gasteiger partial charge in [0.15, 0.2) is 0 Å². The fourth-order valence-electron chi connectivity index (χ4n) is 1.94. The number of hydrogen-bond acceptors (Lipinski definition) is 3. The first-order valence-corrected chi connectivity index (χ1v) is 4.38. The van der Waals surface area contributed by atoms with Crippen molar-refractivity contribution in [2.45, 2.75) is 18.9 Å². The fourth-order valence-corrected chi connectivity index (χ4v) is 1.94.